The third-order valence-corrected chi connectivity index (χ3v) is 3.17. The van der Waals surface area contributed by atoms with E-state index in [1.54, 1.807) is 38.1 Å². The molecule has 0 aliphatic rings. The van der Waals surface area contributed by atoms with Crippen LogP contribution < -0.4 is 5.56 Å². The van der Waals surface area contributed by atoms with Crippen molar-refractivity contribution in [2.75, 3.05) is 0 Å². The van der Waals surface area contributed by atoms with Crippen molar-refractivity contribution in [1.29, 1.82) is 0 Å². The first kappa shape index (κ1) is 12.2. The Balaban J connectivity index is 2.72. The highest BCUT2D eigenvalue weighted by atomic mass is 35.5. The van der Waals surface area contributed by atoms with Crippen molar-refractivity contribution in [1.82, 2.24) is 9.55 Å². The van der Waals surface area contributed by atoms with Gasteiger partial charge in [-0.1, -0.05) is 11.6 Å². The number of rotatable bonds is 1. The summed E-state index contributed by atoms with van der Waals surface area (Å²) < 4.78 is 1.46. The highest BCUT2D eigenvalue weighted by Gasteiger charge is 2.10. The fraction of sp³-hybridized carbons (Fsp3) is 0.167. The van der Waals surface area contributed by atoms with Gasteiger partial charge in [0.2, 0.25) is 0 Å². The van der Waals surface area contributed by atoms with Crippen LogP contribution in [0.3, 0.4) is 0 Å². The molecule has 2 aromatic rings. The molecular formula is C12H11ClN2OS. The Labute approximate surface area is 109 Å². The van der Waals surface area contributed by atoms with E-state index in [4.69, 9.17) is 11.6 Å². The number of benzene rings is 1. The molecule has 5 heteroatoms. The SMILES string of the molecule is Cc1nc(S)n(-c2ccc(Cl)cc2)c(=O)c1C. The van der Waals surface area contributed by atoms with E-state index in [0.717, 1.165) is 0 Å². The Hall–Kier alpha value is -1.26. The molecule has 1 aromatic heterocycles. The van der Waals surface area contributed by atoms with E-state index in [-0.39, 0.29) is 5.56 Å². The first-order chi connectivity index (χ1) is 8.00. The Morgan fingerprint density at radius 1 is 1.24 bits per heavy atom. The summed E-state index contributed by atoms with van der Waals surface area (Å²) in [5, 5.41) is 1.000. The molecule has 0 saturated heterocycles. The van der Waals surface area contributed by atoms with E-state index in [1.807, 2.05) is 0 Å². The van der Waals surface area contributed by atoms with E-state index in [2.05, 4.69) is 17.6 Å². The number of aromatic nitrogens is 2. The lowest BCUT2D eigenvalue weighted by atomic mass is 10.2. The molecule has 0 saturated carbocycles. The van der Waals surface area contributed by atoms with Crippen LogP contribution in [0.2, 0.25) is 5.02 Å². The largest absolute Gasteiger partial charge is 0.269 e. The Morgan fingerprint density at radius 2 is 1.82 bits per heavy atom. The maximum Gasteiger partial charge on any atom is 0.261 e. The van der Waals surface area contributed by atoms with Crippen LogP contribution in [0.1, 0.15) is 11.3 Å². The van der Waals surface area contributed by atoms with Crippen LogP contribution in [-0.4, -0.2) is 9.55 Å². The molecule has 0 amide bonds. The number of halogens is 1. The zero-order valence-corrected chi connectivity index (χ0v) is 11.1. The number of hydrogen-bond donors (Lipinski definition) is 1. The molecule has 17 heavy (non-hydrogen) atoms. The van der Waals surface area contributed by atoms with Crippen LogP contribution in [0.5, 0.6) is 0 Å². The second kappa shape index (κ2) is 4.55. The molecule has 2 rings (SSSR count). The predicted octanol–water partition coefficient (Wildman–Crippen LogP) is 2.79. The second-order valence-corrected chi connectivity index (χ2v) is 4.58. The van der Waals surface area contributed by atoms with Crippen LogP contribution in [0.25, 0.3) is 5.69 Å². The highest BCUT2D eigenvalue weighted by Crippen LogP contribution is 2.15. The van der Waals surface area contributed by atoms with E-state index in [0.29, 0.717) is 27.1 Å². The van der Waals surface area contributed by atoms with E-state index >= 15 is 0 Å². The smallest absolute Gasteiger partial charge is 0.261 e. The fourth-order valence-corrected chi connectivity index (χ4v) is 2.00. The molecule has 0 aliphatic carbocycles. The quantitative estimate of drug-likeness (QED) is 0.636. The monoisotopic (exact) mass is 266 g/mol. The summed E-state index contributed by atoms with van der Waals surface area (Å²) in [6, 6.07) is 6.98. The summed E-state index contributed by atoms with van der Waals surface area (Å²) in [7, 11) is 0. The molecule has 0 spiro atoms. The highest BCUT2D eigenvalue weighted by molar-refractivity contribution is 7.80. The molecule has 0 fully saturated rings. The van der Waals surface area contributed by atoms with Gasteiger partial charge in [0.1, 0.15) is 0 Å². The van der Waals surface area contributed by atoms with Crippen molar-refractivity contribution < 1.29 is 0 Å². The number of aryl methyl sites for hydroxylation is 1. The Bertz CT molecular complexity index is 620. The third-order valence-electron chi connectivity index (χ3n) is 2.62. The van der Waals surface area contributed by atoms with Gasteiger partial charge in [0.05, 0.1) is 5.69 Å². The molecule has 0 atom stereocenters. The van der Waals surface area contributed by atoms with Crippen molar-refractivity contribution in [2.45, 2.75) is 19.0 Å². The van der Waals surface area contributed by atoms with Gasteiger partial charge in [-0.25, -0.2) is 4.98 Å². The normalized spacial score (nSPS) is 10.6. The van der Waals surface area contributed by atoms with Crippen LogP contribution in [0.15, 0.2) is 34.2 Å². The minimum atomic E-state index is -0.107. The molecule has 0 radical (unpaired) electrons. The van der Waals surface area contributed by atoms with Gasteiger partial charge in [0, 0.05) is 16.3 Å². The molecule has 0 bridgehead atoms. The zero-order valence-electron chi connectivity index (χ0n) is 9.44. The van der Waals surface area contributed by atoms with Crippen molar-refractivity contribution in [3.8, 4) is 5.69 Å². The summed E-state index contributed by atoms with van der Waals surface area (Å²) in [5.41, 5.74) is 1.92. The molecule has 0 unspecified atom stereocenters. The number of nitrogens with zero attached hydrogens (tertiary/aromatic N) is 2. The topological polar surface area (TPSA) is 34.9 Å². The van der Waals surface area contributed by atoms with Crippen molar-refractivity contribution in [2.24, 2.45) is 0 Å². The first-order valence-electron chi connectivity index (χ1n) is 5.06. The van der Waals surface area contributed by atoms with Gasteiger partial charge in [-0.3, -0.25) is 9.36 Å². The summed E-state index contributed by atoms with van der Waals surface area (Å²) >= 11 is 10.1. The van der Waals surface area contributed by atoms with Crippen LogP contribution >= 0.6 is 24.2 Å². The Kier molecular flexibility index (Phi) is 3.26. The third kappa shape index (κ3) is 2.23. The molecule has 1 aromatic carbocycles. The van der Waals surface area contributed by atoms with Crippen molar-refractivity contribution in [3.63, 3.8) is 0 Å². The molecule has 0 N–H and O–H groups in total. The number of hydrogen-bond acceptors (Lipinski definition) is 3. The zero-order chi connectivity index (χ0) is 12.6. The maximum atomic E-state index is 12.1. The lowest BCUT2D eigenvalue weighted by molar-refractivity contribution is 0.771. The van der Waals surface area contributed by atoms with E-state index in [9.17, 15) is 4.79 Å². The van der Waals surface area contributed by atoms with Crippen molar-refractivity contribution >= 4 is 24.2 Å². The van der Waals surface area contributed by atoms with Gasteiger partial charge in [0.15, 0.2) is 5.16 Å². The van der Waals surface area contributed by atoms with Crippen LogP contribution in [0.4, 0.5) is 0 Å². The summed E-state index contributed by atoms with van der Waals surface area (Å²) in [4.78, 5) is 16.4. The van der Waals surface area contributed by atoms with Crippen molar-refractivity contribution in [3.05, 3.63) is 50.9 Å². The molecule has 1 heterocycles. The van der Waals surface area contributed by atoms with E-state index in [1.165, 1.54) is 4.57 Å². The standard InChI is InChI=1S/C12H11ClN2OS/c1-7-8(2)14-12(17)15(11(7)16)10-5-3-9(13)4-6-10/h3-6H,1-2H3,(H,14,17). The van der Waals surface area contributed by atoms with Gasteiger partial charge < -0.3 is 0 Å². The fourth-order valence-electron chi connectivity index (χ4n) is 1.52. The van der Waals surface area contributed by atoms with Gasteiger partial charge in [-0.05, 0) is 38.1 Å². The average molecular weight is 267 g/mol. The molecule has 3 nitrogen and oxygen atoms in total. The average Bonchev–Trinajstić information content (AvgIpc) is 2.29. The molecule has 0 aliphatic heterocycles. The summed E-state index contributed by atoms with van der Waals surface area (Å²) in [6.45, 7) is 3.55. The second-order valence-electron chi connectivity index (χ2n) is 3.74. The molecule has 88 valence electrons. The summed E-state index contributed by atoms with van der Waals surface area (Å²) in [5.74, 6) is 0. The number of thiol groups is 1. The minimum absolute atomic E-state index is 0.107. The lowest BCUT2D eigenvalue weighted by Gasteiger charge is -2.10. The predicted molar refractivity (Wildman–Crippen MR) is 71.6 cm³/mol. The van der Waals surface area contributed by atoms with Gasteiger partial charge in [-0.2, -0.15) is 0 Å². The molecular weight excluding hydrogens is 256 g/mol. The van der Waals surface area contributed by atoms with Gasteiger partial charge in [-0.15, -0.1) is 12.6 Å². The maximum absolute atomic E-state index is 12.1. The van der Waals surface area contributed by atoms with Gasteiger partial charge >= 0.3 is 0 Å². The van der Waals surface area contributed by atoms with Gasteiger partial charge in [0.25, 0.3) is 5.56 Å². The first-order valence-corrected chi connectivity index (χ1v) is 5.88. The summed E-state index contributed by atoms with van der Waals surface area (Å²) in [6.07, 6.45) is 0. The lowest BCUT2D eigenvalue weighted by Crippen LogP contribution is -2.24. The van der Waals surface area contributed by atoms with E-state index < -0.39 is 0 Å². The Morgan fingerprint density at radius 3 is 2.41 bits per heavy atom. The van der Waals surface area contributed by atoms with Crippen LogP contribution in [-0.2, 0) is 0 Å². The minimum Gasteiger partial charge on any atom is -0.269 e. The van der Waals surface area contributed by atoms with Crippen LogP contribution in [0, 0.1) is 13.8 Å².